The number of hydrogen-bond donors (Lipinski definition) is 0. The van der Waals surface area contributed by atoms with E-state index >= 15 is 0 Å². The van der Waals surface area contributed by atoms with Crippen molar-refractivity contribution >= 4 is 6.21 Å². The molecule has 1 aromatic carbocycles. The van der Waals surface area contributed by atoms with Gasteiger partial charge in [-0.1, -0.05) is 30.0 Å². The number of rotatable bonds is 5. The summed E-state index contributed by atoms with van der Waals surface area (Å²) in [5.41, 5.74) is -0.503. The van der Waals surface area contributed by atoms with Crippen LogP contribution in [0.2, 0.25) is 0 Å². The van der Waals surface area contributed by atoms with Crippen molar-refractivity contribution in [3.05, 3.63) is 35.4 Å². The van der Waals surface area contributed by atoms with Crippen LogP contribution in [0.25, 0.3) is 0 Å². The zero-order chi connectivity index (χ0) is 15.0. The van der Waals surface area contributed by atoms with E-state index in [4.69, 9.17) is 12.8 Å². The normalized spacial score (nSPS) is 11.1. The SMILES string of the molecule is C#CCN(CC#C)/N=C/Cc1ccccc1C(F)(F)F. The summed E-state index contributed by atoms with van der Waals surface area (Å²) in [6, 6.07) is 5.37. The van der Waals surface area contributed by atoms with Gasteiger partial charge in [0.2, 0.25) is 0 Å². The molecule has 0 aliphatic heterocycles. The molecule has 1 aromatic rings. The van der Waals surface area contributed by atoms with Crippen LogP contribution in [0.5, 0.6) is 0 Å². The van der Waals surface area contributed by atoms with Gasteiger partial charge in [-0.15, -0.1) is 12.8 Å². The Kier molecular flexibility index (Phi) is 5.68. The van der Waals surface area contributed by atoms with Crippen molar-refractivity contribution < 1.29 is 13.2 Å². The maximum absolute atomic E-state index is 12.8. The molecule has 0 heterocycles. The Hall–Kier alpha value is -2.40. The lowest BCUT2D eigenvalue weighted by atomic mass is 10.1. The summed E-state index contributed by atoms with van der Waals surface area (Å²) in [7, 11) is 0. The zero-order valence-electron chi connectivity index (χ0n) is 10.7. The number of halogens is 3. The third-order valence-electron chi connectivity index (χ3n) is 2.43. The van der Waals surface area contributed by atoms with E-state index < -0.39 is 11.7 Å². The molecule has 0 radical (unpaired) electrons. The number of hydrazone groups is 1. The summed E-state index contributed by atoms with van der Waals surface area (Å²) >= 11 is 0. The second-order valence-corrected chi connectivity index (χ2v) is 3.89. The third kappa shape index (κ3) is 4.70. The average Bonchev–Trinajstić information content (AvgIpc) is 2.38. The minimum atomic E-state index is -4.37. The molecule has 0 aliphatic rings. The fourth-order valence-electron chi connectivity index (χ4n) is 1.58. The molecule has 20 heavy (non-hydrogen) atoms. The first-order valence-electron chi connectivity index (χ1n) is 5.78. The highest BCUT2D eigenvalue weighted by atomic mass is 19.4. The molecule has 0 bridgehead atoms. The molecular formula is C15H13F3N2. The van der Waals surface area contributed by atoms with E-state index in [0.29, 0.717) is 0 Å². The van der Waals surface area contributed by atoms with Crippen LogP contribution in [0.15, 0.2) is 29.4 Å². The van der Waals surface area contributed by atoms with Crippen LogP contribution in [0, 0.1) is 24.7 Å². The fourth-order valence-corrected chi connectivity index (χ4v) is 1.58. The standard InChI is InChI=1S/C15H13F3N2/c1-3-11-20(12-4-2)19-10-9-13-7-5-6-8-14(13)15(16,17)18/h1-2,5-8,10H,9,11-12H2/b19-10+. The van der Waals surface area contributed by atoms with E-state index in [9.17, 15) is 13.2 Å². The minimum Gasteiger partial charge on any atom is -0.273 e. The van der Waals surface area contributed by atoms with Crippen LogP contribution in [0.3, 0.4) is 0 Å². The molecule has 0 amide bonds. The lowest BCUT2D eigenvalue weighted by molar-refractivity contribution is -0.138. The van der Waals surface area contributed by atoms with Crippen molar-refractivity contribution in [2.24, 2.45) is 5.10 Å². The first-order chi connectivity index (χ1) is 9.49. The van der Waals surface area contributed by atoms with Gasteiger partial charge < -0.3 is 0 Å². The predicted octanol–water partition coefficient (Wildman–Crippen LogP) is 2.80. The highest BCUT2D eigenvalue weighted by Gasteiger charge is 2.32. The molecule has 104 valence electrons. The monoisotopic (exact) mass is 278 g/mol. The first-order valence-corrected chi connectivity index (χ1v) is 5.78. The van der Waals surface area contributed by atoms with Gasteiger partial charge in [0.1, 0.15) is 0 Å². The first kappa shape index (κ1) is 15.7. The van der Waals surface area contributed by atoms with Gasteiger partial charge in [0.25, 0.3) is 0 Å². The predicted molar refractivity (Wildman–Crippen MR) is 72.9 cm³/mol. The molecule has 0 spiro atoms. The third-order valence-corrected chi connectivity index (χ3v) is 2.43. The molecular weight excluding hydrogens is 265 g/mol. The largest absolute Gasteiger partial charge is 0.416 e. The Morgan fingerprint density at radius 1 is 1.15 bits per heavy atom. The van der Waals surface area contributed by atoms with Gasteiger partial charge in [-0.25, -0.2) is 0 Å². The van der Waals surface area contributed by atoms with Gasteiger partial charge in [-0.3, -0.25) is 5.01 Å². The topological polar surface area (TPSA) is 15.6 Å². The van der Waals surface area contributed by atoms with Gasteiger partial charge >= 0.3 is 6.18 Å². The van der Waals surface area contributed by atoms with E-state index in [2.05, 4.69) is 16.9 Å². The molecule has 0 unspecified atom stereocenters. The van der Waals surface area contributed by atoms with Crippen molar-refractivity contribution in [3.63, 3.8) is 0 Å². The maximum Gasteiger partial charge on any atom is 0.416 e. The summed E-state index contributed by atoms with van der Waals surface area (Å²) in [6.45, 7) is 0.420. The van der Waals surface area contributed by atoms with Crippen LogP contribution >= 0.6 is 0 Å². The van der Waals surface area contributed by atoms with E-state index in [1.165, 1.54) is 23.4 Å². The summed E-state index contributed by atoms with van der Waals surface area (Å²) in [5.74, 6) is 4.75. The second-order valence-electron chi connectivity index (χ2n) is 3.89. The number of terminal acetylenes is 2. The van der Waals surface area contributed by atoms with Crippen LogP contribution in [-0.4, -0.2) is 24.3 Å². The van der Waals surface area contributed by atoms with Crippen LogP contribution < -0.4 is 0 Å². The number of hydrogen-bond acceptors (Lipinski definition) is 2. The maximum atomic E-state index is 12.8. The van der Waals surface area contributed by atoms with Crippen molar-refractivity contribution in [3.8, 4) is 24.7 Å². The van der Waals surface area contributed by atoms with Gasteiger partial charge in [-0.05, 0) is 11.6 Å². The summed E-state index contributed by atoms with van der Waals surface area (Å²) in [5, 5.41) is 5.40. The molecule has 0 N–H and O–H groups in total. The van der Waals surface area contributed by atoms with Crippen molar-refractivity contribution in [1.82, 2.24) is 5.01 Å². The highest BCUT2D eigenvalue weighted by molar-refractivity contribution is 5.62. The quantitative estimate of drug-likeness (QED) is 0.459. The molecule has 0 saturated carbocycles. The smallest absolute Gasteiger partial charge is 0.273 e. The molecule has 0 atom stereocenters. The van der Waals surface area contributed by atoms with Crippen molar-refractivity contribution in [2.75, 3.05) is 13.1 Å². The van der Waals surface area contributed by atoms with Crippen LogP contribution in [-0.2, 0) is 12.6 Å². The van der Waals surface area contributed by atoms with Crippen LogP contribution in [0.1, 0.15) is 11.1 Å². The molecule has 2 nitrogen and oxygen atoms in total. The minimum absolute atomic E-state index is 0.0569. The number of benzene rings is 1. The zero-order valence-corrected chi connectivity index (χ0v) is 10.7. The summed E-state index contributed by atoms with van der Waals surface area (Å²) in [4.78, 5) is 0. The van der Waals surface area contributed by atoms with Crippen molar-refractivity contribution in [1.29, 1.82) is 0 Å². The molecule has 1 rings (SSSR count). The molecule has 0 saturated heterocycles. The van der Waals surface area contributed by atoms with Crippen molar-refractivity contribution in [2.45, 2.75) is 12.6 Å². The van der Waals surface area contributed by atoms with E-state index in [1.807, 2.05) is 0 Å². The van der Waals surface area contributed by atoms with E-state index in [1.54, 1.807) is 6.07 Å². The lowest BCUT2D eigenvalue weighted by Gasteiger charge is -2.13. The van der Waals surface area contributed by atoms with Gasteiger partial charge in [0.15, 0.2) is 0 Å². The highest BCUT2D eigenvalue weighted by Crippen LogP contribution is 2.31. The average molecular weight is 278 g/mol. The summed E-state index contributed by atoms with van der Waals surface area (Å²) < 4.78 is 38.3. The number of nitrogens with zero attached hydrogens (tertiary/aromatic N) is 2. The Morgan fingerprint density at radius 2 is 1.75 bits per heavy atom. The Labute approximate surface area is 116 Å². The summed E-state index contributed by atoms with van der Waals surface area (Å²) in [6.07, 6.45) is 7.34. The number of alkyl halides is 3. The van der Waals surface area contributed by atoms with E-state index in [0.717, 1.165) is 6.07 Å². The fraction of sp³-hybridized carbons (Fsp3) is 0.267. The van der Waals surface area contributed by atoms with Gasteiger partial charge in [0, 0.05) is 12.6 Å². The van der Waals surface area contributed by atoms with Gasteiger partial charge in [-0.2, -0.15) is 18.3 Å². The second kappa shape index (κ2) is 7.25. The molecule has 0 aliphatic carbocycles. The Balaban J connectivity index is 2.80. The van der Waals surface area contributed by atoms with Crippen LogP contribution in [0.4, 0.5) is 13.2 Å². The van der Waals surface area contributed by atoms with Gasteiger partial charge in [0.05, 0.1) is 18.7 Å². The molecule has 5 heteroatoms. The Bertz CT molecular complexity index is 531. The Morgan fingerprint density at radius 3 is 2.30 bits per heavy atom. The lowest BCUT2D eigenvalue weighted by Crippen LogP contribution is -2.18. The molecule has 0 fully saturated rings. The van der Waals surface area contributed by atoms with E-state index in [-0.39, 0.29) is 25.1 Å². The molecule has 0 aromatic heterocycles.